The van der Waals surface area contributed by atoms with Gasteiger partial charge in [-0.3, -0.25) is 0 Å². The van der Waals surface area contributed by atoms with Crippen molar-refractivity contribution in [2.75, 3.05) is 18.4 Å². The maximum atomic E-state index is 13.0. The molecule has 2 N–H and O–H groups in total. The number of hydrogen-bond acceptors (Lipinski definition) is 8. The number of aryl methyl sites for hydroxylation is 1. The smallest absolute Gasteiger partial charge is 0.383 e. The van der Waals surface area contributed by atoms with Crippen LogP contribution in [-0.4, -0.2) is 51.1 Å². The molecular weight excluding hydrogens is 515 g/mol. The third-order valence-electron chi connectivity index (χ3n) is 5.97. The zero-order chi connectivity index (χ0) is 26.3. The topological polar surface area (TPSA) is 108 Å². The van der Waals surface area contributed by atoms with Gasteiger partial charge in [-0.1, -0.05) is 6.07 Å². The number of thiazole rings is 1. The zero-order valence-electron chi connectivity index (χ0n) is 19.9. The van der Waals surface area contributed by atoms with Crippen molar-refractivity contribution < 1.29 is 26.7 Å². The van der Waals surface area contributed by atoms with Crippen LogP contribution in [0.3, 0.4) is 0 Å². The van der Waals surface area contributed by atoms with E-state index in [9.17, 15) is 26.7 Å². The van der Waals surface area contributed by atoms with E-state index >= 15 is 0 Å². The molecule has 0 radical (unpaired) electrons. The maximum absolute atomic E-state index is 13.0. The van der Waals surface area contributed by atoms with E-state index in [4.69, 9.17) is 0 Å². The molecular formula is C23H26F3N5O3S2. The van der Waals surface area contributed by atoms with E-state index in [1.165, 1.54) is 15.6 Å². The van der Waals surface area contributed by atoms with Gasteiger partial charge in [0, 0.05) is 31.2 Å². The first-order valence-electron chi connectivity index (χ1n) is 11.2. The summed E-state index contributed by atoms with van der Waals surface area (Å²) in [5.41, 5.74) is -0.159. The minimum atomic E-state index is -4.58. The van der Waals surface area contributed by atoms with E-state index < -0.39 is 32.7 Å². The standard InChI is InChI=1S/C23H26F3N5O3S2/c1-14(2)36(33,34)31-8-5-22(32,6-9-31)20-28-13-18(35-20)16-10-15(3)11-17(12-16)29-21-27-7-4-19(30-21)23(24,25)26/h4,7,10-14,32H,5-6,8-9H2,1-3H3,(H,27,29,30). The first-order valence-corrected chi connectivity index (χ1v) is 13.6. The highest BCUT2D eigenvalue weighted by Gasteiger charge is 2.40. The van der Waals surface area contributed by atoms with Crippen LogP contribution >= 0.6 is 11.3 Å². The van der Waals surface area contributed by atoms with E-state index in [1.807, 2.05) is 13.0 Å². The molecule has 2 aromatic heterocycles. The molecule has 1 saturated heterocycles. The Kier molecular flexibility index (Phi) is 7.12. The number of sulfonamides is 1. The van der Waals surface area contributed by atoms with Gasteiger partial charge >= 0.3 is 6.18 Å². The summed E-state index contributed by atoms with van der Waals surface area (Å²) in [5.74, 6) is -0.177. The molecule has 0 saturated carbocycles. The van der Waals surface area contributed by atoms with E-state index in [2.05, 4.69) is 20.3 Å². The van der Waals surface area contributed by atoms with Crippen LogP contribution in [0.4, 0.5) is 24.8 Å². The van der Waals surface area contributed by atoms with Gasteiger partial charge in [0.15, 0.2) is 0 Å². The summed E-state index contributed by atoms with van der Waals surface area (Å²) in [6.45, 7) is 5.53. The Morgan fingerprint density at radius 1 is 1.17 bits per heavy atom. The van der Waals surface area contributed by atoms with Gasteiger partial charge in [0.25, 0.3) is 0 Å². The molecule has 1 aliphatic rings. The fraction of sp³-hybridized carbons (Fsp3) is 0.435. The Labute approximate surface area is 211 Å². The highest BCUT2D eigenvalue weighted by Crippen LogP contribution is 2.39. The Morgan fingerprint density at radius 2 is 1.86 bits per heavy atom. The van der Waals surface area contributed by atoms with Crippen LogP contribution in [0.5, 0.6) is 0 Å². The maximum Gasteiger partial charge on any atom is 0.433 e. The number of halogens is 3. The van der Waals surface area contributed by atoms with Gasteiger partial charge in [0.2, 0.25) is 16.0 Å². The van der Waals surface area contributed by atoms with Gasteiger partial charge in [0.1, 0.15) is 16.3 Å². The predicted octanol–water partition coefficient (Wildman–Crippen LogP) is 4.69. The molecule has 0 spiro atoms. The van der Waals surface area contributed by atoms with Crippen molar-refractivity contribution in [2.24, 2.45) is 0 Å². The number of anilines is 2. The fourth-order valence-electron chi connectivity index (χ4n) is 3.95. The van der Waals surface area contributed by atoms with E-state index in [0.717, 1.165) is 28.3 Å². The minimum absolute atomic E-state index is 0.177. The molecule has 0 atom stereocenters. The lowest BCUT2D eigenvalue weighted by molar-refractivity contribution is -0.141. The Hall–Kier alpha value is -2.61. The van der Waals surface area contributed by atoms with Gasteiger partial charge in [-0.05, 0) is 62.9 Å². The molecule has 8 nitrogen and oxygen atoms in total. The van der Waals surface area contributed by atoms with Crippen molar-refractivity contribution in [3.8, 4) is 10.4 Å². The van der Waals surface area contributed by atoms with Crippen LogP contribution in [0.2, 0.25) is 0 Å². The molecule has 0 aliphatic carbocycles. The molecule has 3 heterocycles. The van der Waals surface area contributed by atoms with Gasteiger partial charge < -0.3 is 10.4 Å². The number of hydrogen-bond donors (Lipinski definition) is 2. The molecule has 0 unspecified atom stereocenters. The fourth-order valence-corrected chi connectivity index (χ4v) is 6.29. The molecule has 1 aliphatic heterocycles. The number of piperidine rings is 1. The zero-order valence-corrected chi connectivity index (χ0v) is 21.5. The molecule has 194 valence electrons. The number of aromatic nitrogens is 3. The van der Waals surface area contributed by atoms with Gasteiger partial charge in [-0.25, -0.2) is 27.7 Å². The number of nitrogens with one attached hydrogen (secondary N) is 1. The van der Waals surface area contributed by atoms with Crippen LogP contribution < -0.4 is 5.32 Å². The van der Waals surface area contributed by atoms with Crippen molar-refractivity contribution in [1.82, 2.24) is 19.3 Å². The minimum Gasteiger partial charge on any atom is -0.383 e. The van der Waals surface area contributed by atoms with Crippen LogP contribution in [-0.2, 0) is 21.8 Å². The van der Waals surface area contributed by atoms with Gasteiger partial charge in [-0.15, -0.1) is 11.3 Å². The predicted molar refractivity (Wildman–Crippen MR) is 131 cm³/mol. The lowest BCUT2D eigenvalue weighted by Gasteiger charge is -2.36. The van der Waals surface area contributed by atoms with Crippen LogP contribution in [0.25, 0.3) is 10.4 Å². The highest BCUT2D eigenvalue weighted by molar-refractivity contribution is 7.89. The third-order valence-corrected chi connectivity index (χ3v) is 9.49. The summed E-state index contributed by atoms with van der Waals surface area (Å²) in [5, 5.41) is 14.0. The summed E-state index contributed by atoms with van der Waals surface area (Å²) < 4.78 is 65.2. The molecule has 1 aromatic carbocycles. The van der Waals surface area contributed by atoms with E-state index in [0.29, 0.717) is 10.7 Å². The van der Waals surface area contributed by atoms with Crippen molar-refractivity contribution in [2.45, 2.75) is 50.6 Å². The van der Waals surface area contributed by atoms with Gasteiger partial charge in [0.05, 0.1) is 10.1 Å². The summed E-state index contributed by atoms with van der Waals surface area (Å²) in [7, 11) is -3.39. The van der Waals surface area contributed by atoms with Crippen LogP contribution in [0, 0.1) is 6.92 Å². The lowest BCUT2D eigenvalue weighted by Crippen LogP contribution is -2.47. The normalized spacial score (nSPS) is 16.9. The third kappa shape index (κ3) is 5.53. The summed E-state index contributed by atoms with van der Waals surface area (Å²) in [6.07, 6.45) is -1.43. The first-order chi connectivity index (χ1) is 16.8. The molecule has 13 heteroatoms. The Morgan fingerprint density at radius 3 is 2.50 bits per heavy atom. The Balaban J connectivity index is 1.53. The Bertz CT molecular complexity index is 1350. The second kappa shape index (κ2) is 9.69. The van der Waals surface area contributed by atoms with Crippen LogP contribution in [0.15, 0.2) is 36.7 Å². The monoisotopic (exact) mass is 541 g/mol. The molecule has 0 bridgehead atoms. The van der Waals surface area contributed by atoms with E-state index in [-0.39, 0.29) is 31.9 Å². The van der Waals surface area contributed by atoms with Gasteiger partial charge in [-0.2, -0.15) is 13.2 Å². The second-order valence-electron chi connectivity index (χ2n) is 9.03. The molecule has 3 aromatic rings. The number of aliphatic hydroxyl groups is 1. The van der Waals surface area contributed by atoms with Crippen LogP contribution in [0.1, 0.15) is 43.0 Å². The largest absolute Gasteiger partial charge is 0.433 e. The average molecular weight is 542 g/mol. The SMILES string of the molecule is Cc1cc(Nc2nccc(C(F)(F)F)n2)cc(-c2cnc(C3(O)CCN(S(=O)(=O)C(C)C)CC3)s2)c1. The quantitative estimate of drug-likeness (QED) is 0.466. The van der Waals surface area contributed by atoms with Crippen molar-refractivity contribution in [1.29, 1.82) is 0 Å². The lowest BCUT2D eigenvalue weighted by atomic mass is 9.93. The average Bonchev–Trinajstić information content (AvgIpc) is 3.30. The number of benzene rings is 1. The first kappa shape index (κ1) is 26.5. The number of rotatable bonds is 6. The van der Waals surface area contributed by atoms with Crippen molar-refractivity contribution in [3.05, 3.63) is 52.9 Å². The molecule has 0 amide bonds. The van der Waals surface area contributed by atoms with Crippen molar-refractivity contribution >= 4 is 33.0 Å². The molecule has 36 heavy (non-hydrogen) atoms. The number of alkyl halides is 3. The molecule has 4 rings (SSSR count). The second-order valence-corrected chi connectivity index (χ2v) is 12.5. The highest BCUT2D eigenvalue weighted by atomic mass is 32.2. The number of nitrogens with zero attached hydrogens (tertiary/aromatic N) is 4. The molecule has 1 fully saturated rings. The summed E-state index contributed by atoms with van der Waals surface area (Å²) in [4.78, 5) is 12.6. The summed E-state index contributed by atoms with van der Waals surface area (Å²) in [6, 6.07) is 6.21. The van der Waals surface area contributed by atoms with Crippen molar-refractivity contribution in [3.63, 3.8) is 0 Å². The van der Waals surface area contributed by atoms with E-state index in [1.54, 1.807) is 32.2 Å². The summed E-state index contributed by atoms with van der Waals surface area (Å²) >= 11 is 1.30.